The second-order valence-corrected chi connectivity index (χ2v) is 4.41. The van der Waals surface area contributed by atoms with E-state index in [0.717, 1.165) is 18.5 Å². The van der Waals surface area contributed by atoms with E-state index in [2.05, 4.69) is 9.72 Å². The summed E-state index contributed by atoms with van der Waals surface area (Å²) in [6.45, 7) is 1.18. The fourth-order valence-corrected chi connectivity index (χ4v) is 2.09. The first kappa shape index (κ1) is 12.8. The summed E-state index contributed by atoms with van der Waals surface area (Å²) in [5, 5.41) is 0.234. The van der Waals surface area contributed by atoms with Gasteiger partial charge in [-0.05, 0) is 12.5 Å². The Morgan fingerprint density at radius 3 is 2.89 bits per heavy atom. The number of pyridine rings is 1. The van der Waals surface area contributed by atoms with Crippen molar-refractivity contribution in [1.82, 2.24) is 9.88 Å². The summed E-state index contributed by atoms with van der Waals surface area (Å²) >= 11 is 6.00. The van der Waals surface area contributed by atoms with E-state index >= 15 is 0 Å². The lowest BCUT2D eigenvalue weighted by Gasteiger charge is -2.16. The number of nitrogens with zero attached hydrogens (tertiary/aromatic N) is 2. The Kier molecular flexibility index (Phi) is 3.81. The van der Waals surface area contributed by atoms with Gasteiger partial charge < -0.3 is 9.64 Å². The van der Waals surface area contributed by atoms with Gasteiger partial charge in [-0.15, -0.1) is 0 Å². The fourth-order valence-electron chi connectivity index (χ4n) is 1.88. The first-order chi connectivity index (χ1) is 8.61. The summed E-state index contributed by atoms with van der Waals surface area (Å²) in [7, 11) is 1.29. The molecule has 0 aliphatic carbocycles. The number of likely N-dealkylation sites (tertiary alicyclic amines) is 1. The fraction of sp³-hybridized carbons (Fsp3) is 0.417. The second kappa shape index (κ2) is 5.35. The molecule has 2 heterocycles. The van der Waals surface area contributed by atoms with Crippen LogP contribution in [0, 0.1) is 0 Å². The quantitative estimate of drug-likeness (QED) is 0.618. The molecule has 1 amide bonds. The van der Waals surface area contributed by atoms with Gasteiger partial charge in [0.05, 0.1) is 7.11 Å². The molecule has 0 atom stereocenters. The maximum absolute atomic E-state index is 11.5. The molecule has 1 fully saturated rings. The van der Waals surface area contributed by atoms with Gasteiger partial charge >= 0.3 is 5.97 Å². The highest BCUT2D eigenvalue weighted by Crippen LogP contribution is 2.19. The van der Waals surface area contributed by atoms with Crippen molar-refractivity contribution in [2.24, 2.45) is 0 Å². The number of carbonyl (C=O) groups excluding carboxylic acids is 2. The Balaban J connectivity index is 2.14. The van der Waals surface area contributed by atoms with Gasteiger partial charge in [0.15, 0.2) is 0 Å². The van der Waals surface area contributed by atoms with E-state index in [1.165, 1.54) is 7.11 Å². The number of halogens is 1. The molecule has 0 bridgehead atoms. The van der Waals surface area contributed by atoms with E-state index in [-0.39, 0.29) is 16.8 Å². The average molecular weight is 269 g/mol. The van der Waals surface area contributed by atoms with Crippen molar-refractivity contribution in [2.75, 3.05) is 13.7 Å². The summed E-state index contributed by atoms with van der Waals surface area (Å²) in [4.78, 5) is 28.5. The van der Waals surface area contributed by atoms with E-state index in [9.17, 15) is 9.59 Å². The first-order valence-electron chi connectivity index (χ1n) is 5.63. The third kappa shape index (κ3) is 2.61. The number of aromatic nitrogens is 1. The highest BCUT2D eigenvalue weighted by molar-refractivity contribution is 6.30. The zero-order chi connectivity index (χ0) is 13.1. The molecule has 6 heteroatoms. The van der Waals surface area contributed by atoms with Crippen LogP contribution in [0.2, 0.25) is 5.15 Å². The van der Waals surface area contributed by atoms with Gasteiger partial charge in [-0.3, -0.25) is 4.79 Å². The third-order valence-corrected chi connectivity index (χ3v) is 3.18. The highest BCUT2D eigenvalue weighted by Gasteiger charge is 2.21. The second-order valence-electron chi connectivity index (χ2n) is 4.06. The molecule has 96 valence electrons. The number of methoxy groups -OCH3 is 1. The molecule has 5 nitrogen and oxygen atoms in total. The zero-order valence-corrected chi connectivity index (χ0v) is 10.7. The van der Waals surface area contributed by atoms with Crippen molar-refractivity contribution >= 4 is 23.5 Å². The lowest BCUT2D eigenvalue weighted by Crippen LogP contribution is -2.24. The molecule has 0 radical (unpaired) electrons. The number of amides is 1. The van der Waals surface area contributed by atoms with Crippen LogP contribution in [-0.4, -0.2) is 35.4 Å². The molecule has 0 N–H and O–H groups in total. The van der Waals surface area contributed by atoms with Crippen molar-refractivity contribution < 1.29 is 14.3 Å². The normalized spacial score (nSPS) is 15.0. The minimum Gasteiger partial charge on any atom is -0.464 e. The highest BCUT2D eigenvalue weighted by atomic mass is 35.5. The molecule has 18 heavy (non-hydrogen) atoms. The number of esters is 1. The van der Waals surface area contributed by atoms with E-state index in [1.54, 1.807) is 17.0 Å². The summed E-state index contributed by atoms with van der Waals surface area (Å²) in [5.74, 6) is -0.399. The van der Waals surface area contributed by atoms with Crippen molar-refractivity contribution in [3.8, 4) is 0 Å². The maximum atomic E-state index is 11.5. The Morgan fingerprint density at radius 2 is 2.33 bits per heavy atom. The van der Waals surface area contributed by atoms with Crippen LogP contribution in [0.3, 0.4) is 0 Å². The molecule has 1 aromatic rings. The summed E-state index contributed by atoms with van der Waals surface area (Å²) in [5.41, 5.74) is 0.901. The summed E-state index contributed by atoms with van der Waals surface area (Å²) in [6.07, 6.45) is 1.47. The molecular formula is C12H13ClN2O3. The topological polar surface area (TPSA) is 59.5 Å². The van der Waals surface area contributed by atoms with Crippen LogP contribution in [0.15, 0.2) is 12.1 Å². The van der Waals surface area contributed by atoms with Crippen molar-refractivity contribution in [3.63, 3.8) is 0 Å². The van der Waals surface area contributed by atoms with Crippen LogP contribution < -0.4 is 0 Å². The lowest BCUT2D eigenvalue weighted by molar-refractivity contribution is -0.128. The number of hydrogen-bond acceptors (Lipinski definition) is 4. The largest absolute Gasteiger partial charge is 0.464 e. The van der Waals surface area contributed by atoms with E-state index in [0.29, 0.717) is 13.0 Å². The van der Waals surface area contributed by atoms with Gasteiger partial charge in [-0.1, -0.05) is 17.7 Å². The van der Waals surface area contributed by atoms with Crippen LogP contribution in [0.5, 0.6) is 0 Å². The molecule has 0 unspecified atom stereocenters. The monoisotopic (exact) mass is 268 g/mol. The number of ether oxygens (including phenoxy) is 1. The molecule has 1 aliphatic rings. The van der Waals surface area contributed by atoms with Gasteiger partial charge in [0, 0.05) is 25.1 Å². The standard InChI is InChI=1S/C12H13ClN2O3/c1-18-12(17)9-5-4-8(11(13)14-9)7-15-6-2-3-10(15)16/h4-5H,2-3,6-7H2,1H3. The number of carbonyl (C=O) groups is 2. The van der Waals surface area contributed by atoms with Gasteiger partial charge in [0.2, 0.25) is 5.91 Å². The smallest absolute Gasteiger partial charge is 0.356 e. The lowest BCUT2D eigenvalue weighted by atomic mass is 10.2. The van der Waals surface area contributed by atoms with Crippen LogP contribution >= 0.6 is 11.6 Å². The molecule has 1 aliphatic heterocycles. The van der Waals surface area contributed by atoms with Gasteiger partial charge in [0.1, 0.15) is 10.8 Å². The van der Waals surface area contributed by atoms with Crippen LogP contribution in [0.1, 0.15) is 28.9 Å². The summed E-state index contributed by atoms with van der Waals surface area (Å²) in [6, 6.07) is 3.25. The van der Waals surface area contributed by atoms with Gasteiger partial charge in [-0.2, -0.15) is 0 Å². The minimum absolute atomic E-state index is 0.128. The molecule has 0 spiro atoms. The predicted octanol–water partition coefficient (Wildman–Crippen LogP) is 1.64. The van der Waals surface area contributed by atoms with Crippen LogP contribution in [-0.2, 0) is 16.1 Å². The number of hydrogen-bond donors (Lipinski definition) is 0. The van der Waals surface area contributed by atoms with Crippen molar-refractivity contribution in [3.05, 3.63) is 28.5 Å². The van der Waals surface area contributed by atoms with E-state index < -0.39 is 5.97 Å². The maximum Gasteiger partial charge on any atom is 0.356 e. The van der Waals surface area contributed by atoms with Crippen molar-refractivity contribution in [1.29, 1.82) is 0 Å². The van der Waals surface area contributed by atoms with Crippen molar-refractivity contribution in [2.45, 2.75) is 19.4 Å². The number of rotatable bonds is 3. The SMILES string of the molecule is COC(=O)c1ccc(CN2CCCC2=O)c(Cl)n1. The predicted molar refractivity (Wildman–Crippen MR) is 65.2 cm³/mol. The minimum atomic E-state index is -0.527. The Labute approximate surface area is 110 Å². The first-order valence-corrected chi connectivity index (χ1v) is 6.01. The van der Waals surface area contributed by atoms with Gasteiger partial charge in [0.25, 0.3) is 0 Å². The summed E-state index contributed by atoms with van der Waals surface area (Å²) < 4.78 is 4.56. The van der Waals surface area contributed by atoms with Crippen LogP contribution in [0.4, 0.5) is 0 Å². The molecule has 1 aromatic heterocycles. The van der Waals surface area contributed by atoms with Gasteiger partial charge in [-0.25, -0.2) is 9.78 Å². The Bertz CT molecular complexity index is 490. The molecule has 2 rings (SSSR count). The third-order valence-electron chi connectivity index (χ3n) is 2.85. The zero-order valence-electron chi connectivity index (χ0n) is 9.98. The molecule has 0 saturated carbocycles. The molecule has 1 saturated heterocycles. The molecular weight excluding hydrogens is 256 g/mol. The Hall–Kier alpha value is -1.62. The van der Waals surface area contributed by atoms with E-state index in [1.807, 2.05) is 0 Å². The van der Waals surface area contributed by atoms with E-state index in [4.69, 9.17) is 11.6 Å². The van der Waals surface area contributed by atoms with Crippen LogP contribution in [0.25, 0.3) is 0 Å². The molecule has 0 aromatic carbocycles. The average Bonchev–Trinajstić information content (AvgIpc) is 2.76. The Morgan fingerprint density at radius 1 is 1.56 bits per heavy atom.